The average molecular weight is 1560 g/mol. The Hall–Kier alpha value is -9.60. The molecule has 0 saturated heterocycles. The summed E-state index contributed by atoms with van der Waals surface area (Å²) in [6.45, 7) is 7.13. The number of aromatic hydroxyl groups is 1. The lowest BCUT2D eigenvalue weighted by Crippen LogP contribution is -2.50. The van der Waals surface area contributed by atoms with E-state index in [4.69, 9.17) is 49.0 Å². The Morgan fingerprint density at radius 1 is 0.302 bits per heavy atom. The molecule has 0 aliphatic carbocycles. The largest absolute Gasteiger partial charge is 0.562 e. The van der Waals surface area contributed by atoms with Crippen molar-refractivity contribution in [1.82, 2.24) is 24.0 Å². The van der Waals surface area contributed by atoms with E-state index in [0.717, 1.165) is 105 Å². The first-order chi connectivity index (χ1) is 57.3. The number of aliphatic imine (C=N–C) groups is 2. The lowest BCUT2D eigenvalue weighted by molar-refractivity contribution is 0.307. The molecule has 0 spiro atoms. The summed E-state index contributed by atoms with van der Waals surface area (Å²) in [4.78, 5) is 24.1. The summed E-state index contributed by atoms with van der Waals surface area (Å²) in [5.41, 5.74) is 9.62. The molecule has 15 heteroatoms. The van der Waals surface area contributed by atoms with Crippen molar-refractivity contribution in [2.75, 3.05) is 6.61 Å². The van der Waals surface area contributed by atoms with Crippen molar-refractivity contribution in [1.29, 1.82) is 0 Å². The van der Waals surface area contributed by atoms with Crippen molar-refractivity contribution < 1.29 is 24.0 Å². The van der Waals surface area contributed by atoms with Gasteiger partial charge in [0, 0.05) is 39.3 Å². The number of ether oxygens (including phenoxy) is 3. The number of benzene rings is 8. The SMILES string of the molecule is CCCCCCCCCCCCCCCc1cccc(Oc2ccc3c(c2)C2=Nc4c5ccc(Oc6cccc(CCCCCCCCCCCCCCC)c6)cc5c5n4B(OCCc4ccc(O)c(-n6nc7ccccc7n6)c4)n4c(c6cc(Oc7cccc(CCCCCCCCCCCCCCC)c7)ccc6c4=N5)=NC3=N2)c1. The van der Waals surface area contributed by atoms with Gasteiger partial charge < -0.3 is 32.9 Å². The maximum absolute atomic E-state index is 11.3. The highest BCUT2D eigenvalue weighted by Crippen LogP contribution is 2.44. The van der Waals surface area contributed by atoms with Gasteiger partial charge in [-0.25, -0.2) is 20.0 Å². The summed E-state index contributed by atoms with van der Waals surface area (Å²) < 4.78 is 32.4. The first-order valence-electron chi connectivity index (χ1n) is 45.5. The smallest absolute Gasteiger partial charge is 0.506 e. The molecule has 1 N–H and O–H groups in total. The first-order valence-corrected chi connectivity index (χ1v) is 45.5. The Bertz CT molecular complexity index is 5150. The number of aromatic nitrogens is 5. The van der Waals surface area contributed by atoms with E-state index in [2.05, 4.69) is 139 Å². The Balaban J connectivity index is 0.763. The number of nitrogens with zero attached hydrogens (tertiary/aromatic N) is 9. The topological polar surface area (TPSA) is 147 Å². The molecular weight excluding hydrogens is 1430 g/mol. The van der Waals surface area contributed by atoms with Gasteiger partial charge in [0.2, 0.25) is 0 Å². The molecule has 14 nitrogen and oxygen atoms in total. The number of fused-ring (bicyclic) bond motifs is 11. The minimum Gasteiger partial charge on any atom is -0.506 e. The Kier molecular flexibility index (Phi) is 31.1. The molecule has 6 heterocycles. The number of unbranched alkanes of at least 4 members (excludes halogenated alkanes) is 36. The van der Waals surface area contributed by atoms with Gasteiger partial charge in [0.15, 0.2) is 11.7 Å². The van der Waals surface area contributed by atoms with E-state index in [0.29, 0.717) is 63.6 Å². The zero-order valence-corrected chi connectivity index (χ0v) is 70.0. The van der Waals surface area contributed by atoms with Gasteiger partial charge in [-0.1, -0.05) is 307 Å². The van der Waals surface area contributed by atoms with E-state index in [9.17, 15) is 5.11 Å². The van der Waals surface area contributed by atoms with Crippen LogP contribution in [-0.2, 0) is 30.3 Å². The van der Waals surface area contributed by atoms with E-state index < -0.39 is 7.19 Å². The average Bonchev–Trinajstić information content (AvgIpc) is 1.54. The number of phenolic OH excluding ortho intramolecular Hbond substituents is 1. The Labute approximate surface area is 690 Å². The number of hydrogen-bond donors (Lipinski definition) is 1. The van der Waals surface area contributed by atoms with Gasteiger partial charge >= 0.3 is 7.19 Å². The third kappa shape index (κ3) is 22.6. The fourth-order valence-electron chi connectivity index (χ4n) is 17.3. The minimum absolute atomic E-state index is 0.0738. The van der Waals surface area contributed by atoms with Crippen LogP contribution in [0.5, 0.6) is 40.2 Å². The third-order valence-corrected chi connectivity index (χ3v) is 23.9. The highest BCUT2D eigenvalue weighted by molar-refractivity contribution is 6.51. The third-order valence-electron chi connectivity index (χ3n) is 23.9. The standard InChI is InChI=1S/C101H126BN9O5/c1-4-7-10-13-16-19-22-25-28-31-34-37-40-48-76-51-45-54-80(69-76)114-83-60-63-86-89(73-83)97-103-96(86)104-100-90-74-84(115-81-55-46-52-77(70-81)49-41-38-35-32-29-26-23-20-17-14-11-8-5-2)62-65-88(90)99-106-101-91-75-85(116-82-56-47-53-78(71-82)50-42-39-36-33-30-27-24-21-18-15-12-9-6-3)61-64-87(91)98(105-97)109(101)102(110(99)100)113-68-67-79-59-66-95(112)94(72-79)111-107-92-57-43-44-58-93(92)108-111/h43-47,51-66,69-75,112H,4-42,48-50,67-68H2,1-3H3. The van der Waals surface area contributed by atoms with Crippen LogP contribution in [0.3, 0.4) is 0 Å². The summed E-state index contributed by atoms with van der Waals surface area (Å²) in [6.07, 6.45) is 55.5. The maximum Gasteiger partial charge on any atom is 0.562 e. The zero-order valence-electron chi connectivity index (χ0n) is 70.0. The van der Waals surface area contributed by atoms with E-state index >= 15 is 0 Å². The first kappa shape index (κ1) is 82.9. The normalized spacial score (nSPS) is 12.7. The van der Waals surface area contributed by atoms with Gasteiger partial charge in [-0.15, -0.1) is 15.0 Å². The highest BCUT2D eigenvalue weighted by atomic mass is 16.5. The molecule has 0 atom stereocenters. The number of phenols is 1. The van der Waals surface area contributed by atoms with Crippen LogP contribution in [0.2, 0.25) is 0 Å². The molecule has 0 saturated carbocycles. The Morgan fingerprint density at radius 3 is 1.18 bits per heavy atom. The summed E-state index contributed by atoms with van der Waals surface area (Å²) in [5.74, 6) is 6.77. The molecule has 116 heavy (non-hydrogen) atoms. The number of aryl methyl sites for hydroxylation is 3. The molecule has 3 aliphatic heterocycles. The van der Waals surface area contributed by atoms with Crippen LogP contribution in [0.4, 0.5) is 11.6 Å². The number of amidine groups is 2. The van der Waals surface area contributed by atoms with Crippen molar-refractivity contribution >= 4 is 63.1 Å². The van der Waals surface area contributed by atoms with Crippen LogP contribution < -0.4 is 25.2 Å². The molecule has 8 aromatic carbocycles. The second-order valence-corrected chi connectivity index (χ2v) is 33.2. The van der Waals surface area contributed by atoms with Gasteiger partial charge in [0.1, 0.15) is 79.6 Å². The van der Waals surface area contributed by atoms with Crippen LogP contribution in [0.25, 0.3) is 38.3 Å². The van der Waals surface area contributed by atoms with E-state index in [-0.39, 0.29) is 12.4 Å². The number of rotatable bonds is 53. The zero-order chi connectivity index (χ0) is 79.3. The van der Waals surface area contributed by atoms with Crippen LogP contribution in [0, 0.1) is 0 Å². The van der Waals surface area contributed by atoms with Crippen LogP contribution in [-0.4, -0.2) is 54.5 Å². The van der Waals surface area contributed by atoms with Crippen molar-refractivity contribution in [2.45, 2.75) is 297 Å². The molecule has 4 bridgehead atoms. The van der Waals surface area contributed by atoms with Crippen LogP contribution >= 0.6 is 0 Å². The van der Waals surface area contributed by atoms with Gasteiger partial charge in [-0.3, -0.25) is 0 Å². The number of hydrogen-bond acceptors (Lipinski definition) is 11. The van der Waals surface area contributed by atoms with Gasteiger partial charge in [0.05, 0.1) is 0 Å². The lowest BCUT2D eigenvalue weighted by atomic mass is 9.98. The predicted molar refractivity (Wildman–Crippen MR) is 480 cm³/mol. The van der Waals surface area contributed by atoms with Crippen molar-refractivity contribution in [3.8, 4) is 45.9 Å². The van der Waals surface area contributed by atoms with E-state index in [1.165, 1.54) is 253 Å². The second-order valence-electron chi connectivity index (χ2n) is 33.2. The van der Waals surface area contributed by atoms with Gasteiger partial charge in [-0.05, 0) is 182 Å². The van der Waals surface area contributed by atoms with E-state index in [1.54, 1.807) is 6.07 Å². The fourth-order valence-corrected chi connectivity index (χ4v) is 17.3. The summed E-state index contributed by atoms with van der Waals surface area (Å²) >= 11 is 0. The molecular formula is C101H126BN9O5. The van der Waals surface area contributed by atoms with Gasteiger partial charge in [0.25, 0.3) is 0 Å². The monoisotopic (exact) mass is 1560 g/mol. The molecule has 0 unspecified atom stereocenters. The Morgan fingerprint density at radius 2 is 0.698 bits per heavy atom. The molecule has 0 fully saturated rings. The van der Waals surface area contributed by atoms with Crippen LogP contribution in [0.1, 0.15) is 305 Å². The molecule has 11 aromatic rings. The van der Waals surface area contributed by atoms with E-state index in [1.807, 2.05) is 54.6 Å². The quantitative estimate of drug-likeness (QED) is 0.0295. The molecule has 608 valence electrons. The van der Waals surface area contributed by atoms with Gasteiger partial charge in [-0.2, -0.15) is 0 Å². The van der Waals surface area contributed by atoms with Crippen LogP contribution in [0.15, 0.2) is 190 Å². The second kappa shape index (κ2) is 43.6. The molecule has 14 rings (SSSR count). The highest BCUT2D eigenvalue weighted by Gasteiger charge is 2.39. The molecule has 0 radical (unpaired) electrons. The molecule has 3 aromatic heterocycles. The lowest BCUT2D eigenvalue weighted by Gasteiger charge is -2.23. The predicted octanol–water partition coefficient (Wildman–Crippen LogP) is 27.7. The van der Waals surface area contributed by atoms with Crippen molar-refractivity contribution in [3.05, 3.63) is 214 Å². The summed E-state index contributed by atoms with van der Waals surface area (Å²) in [7, 11) is -0.866. The minimum atomic E-state index is -0.866. The maximum atomic E-state index is 11.3. The molecule has 3 aliphatic rings. The molecule has 0 amide bonds. The van der Waals surface area contributed by atoms with Crippen molar-refractivity contribution in [2.24, 2.45) is 20.0 Å². The fraction of sp³-hybridized carbons (Fsp3) is 0.465. The summed E-state index contributed by atoms with van der Waals surface area (Å²) in [6, 6.07) is 57.8. The summed E-state index contributed by atoms with van der Waals surface area (Å²) in [5, 5.41) is 24.2. The van der Waals surface area contributed by atoms with Crippen molar-refractivity contribution in [3.63, 3.8) is 0 Å².